The Morgan fingerprint density at radius 1 is 1.07 bits per heavy atom. The fourth-order valence-electron chi connectivity index (χ4n) is 2.14. The van der Waals surface area contributed by atoms with E-state index >= 15 is 0 Å². The van der Waals surface area contributed by atoms with Gasteiger partial charge in [0.25, 0.3) is 0 Å². The van der Waals surface area contributed by atoms with Gasteiger partial charge in [0, 0.05) is 18.6 Å². The molecule has 0 aliphatic rings. The van der Waals surface area contributed by atoms with Crippen molar-refractivity contribution in [1.29, 1.82) is 0 Å². The van der Waals surface area contributed by atoms with Crippen LogP contribution in [0.15, 0.2) is 0 Å². The largest absolute Gasteiger partial charge is 0.329 e. The number of hydrogen-bond donors (Lipinski definition) is 1. The normalized spacial score (nSPS) is 14.2. The SMILES string of the molecule is CCCCCN(C(C)C)C(CN)C(C)C. The highest BCUT2D eigenvalue weighted by atomic mass is 15.2. The van der Waals surface area contributed by atoms with E-state index in [-0.39, 0.29) is 0 Å². The Hall–Kier alpha value is -0.0800. The van der Waals surface area contributed by atoms with Crippen molar-refractivity contribution < 1.29 is 0 Å². The third-order valence-corrected chi connectivity index (χ3v) is 3.12. The van der Waals surface area contributed by atoms with Gasteiger partial charge in [0.2, 0.25) is 0 Å². The zero-order valence-corrected chi connectivity index (χ0v) is 11.3. The van der Waals surface area contributed by atoms with Crippen LogP contribution in [0.4, 0.5) is 0 Å². The van der Waals surface area contributed by atoms with Crippen LogP contribution in [0.3, 0.4) is 0 Å². The van der Waals surface area contributed by atoms with Gasteiger partial charge in [-0.15, -0.1) is 0 Å². The summed E-state index contributed by atoms with van der Waals surface area (Å²) >= 11 is 0. The molecule has 0 aliphatic carbocycles. The van der Waals surface area contributed by atoms with Crippen molar-refractivity contribution in [1.82, 2.24) is 4.90 Å². The number of nitrogens with zero attached hydrogens (tertiary/aromatic N) is 1. The van der Waals surface area contributed by atoms with E-state index in [9.17, 15) is 0 Å². The standard InChI is InChI=1S/C13H30N2/c1-6-7-8-9-15(12(4)5)13(10-14)11(2)3/h11-13H,6-10,14H2,1-5H3. The van der Waals surface area contributed by atoms with Crippen LogP contribution in [0.25, 0.3) is 0 Å². The summed E-state index contributed by atoms with van der Waals surface area (Å²) < 4.78 is 0. The molecule has 0 fully saturated rings. The zero-order chi connectivity index (χ0) is 11.8. The van der Waals surface area contributed by atoms with Crippen LogP contribution in [0, 0.1) is 5.92 Å². The van der Waals surface area contributed by atoms with Crippen molar-refractivity contribution >= 4 is 0 Å². The summed E-state index contributed by atoms with van der Waals surface area (Å²) in [5.41, 5.74) is 5.87. The Kier molecular flexibility index (Phi) is 8.07. The van der Waals surface area contributed by atoms with Gasteiger partial charge < -0.3 is 5.73 Å². The van der Waals surface area contributed by atoms with Gasteiger partial charge in [0.05, 0.1) is 0 Å². The maximum absolute atomic E-state index is 5.87. The Morgan fingerprint density at radius 3 is 2.00 bits per heavy atom. The summed E-state index contributed by atoms with van der Waals surface area (Å²) in [7, 11) is 0. The minimum atomic E-state index is 0.543. The van der Waals surface area contributed by atoms with Crippen LogP contribution >= 0.6 is 0 Å². The first-order valence-electron chi connectivity index (χ1n) is 6.50. The third-order valence-electron chi connectivity index (χ3n) is 3.12. The van der Waals surface area contributed by atoms with Gasteiger partial charge in [-0.2, -0.15) is 0 Å². The van der Waals surface area contributed by atoms with Gasteiger partial charge >= 0.3 is 0 Å². The molecule has 0 bridgehead atoms. The van der Waals surface area contributed by atoms with Crippen LogP contribution in [-0.4, -0.2) is 30.1 Å². The van der Waals surface area contributed by atoms with E-state index in [1.54, 1.807) is 0 Å². The molecular formula is C13H30N2. The first kappa shape index (κ1) is 14.9. The fourth-order valence-corrected chi connectivity index (χ4v) is 2.14. The van der Waals surface area contributed by atoms with Crippen LogP contribution in [0.2, 0.25) is 0 Å². The predicted molar refractivity (Wildman–Crippen MR) is 69.0 cm³/mol. The highest BCUT2D eigenvalue weighted by molar-refractivity contribution is 4.78. The number of hydrogen-bond acceptors (Lipinski definition) is 2. The van der Waals surface area contributed by atoms with Crippen molar-refractivity contribution in [3.05, 3.63) is 0 Å². The lowest BCUT2D eigenvalue weighted by molar-refractivity contribution is 0.120. The van der Waals surface area contributed by atoms with Gasteiger partial charge in [-0.1, -0.05) is 33.6 Å². The molecule has 0 saturated carbocycles. The molecule has 0 amide bonds. The number of unbranched alkanes of at least 4 members (excludes halogenated alkanes) is 2. The smallest absolute Gasteiger partial charge is 0.0244 e. The summed E-state index contributed by atoms with van der Waals surface area (Å²) in [6.45, 7) is 13.3. The molecule has 0 spiro atoms. The minimum absolute atomic E-state index is 0.543. The molecule has 0 radical (unpaired) electrons. The van der Waals surface area contributed by atoms with Crippen LogP contribution < -0.4 is 5.73 Å². The van der Waals surface area contributed by atoms with Gasteiger partial charge in [-0.3, -0.25) is 4.90 Å². The quantitative estimate of drug-likeness (QED) is 0.630. The molecule has 0 aromatic carbocycles. The maximum Gasteiger partial charge on any atom is 0.0244 e. The van der Waals surface area contributed by atoms with Crippen LogP contribution in [0.5, 0.6) is 0 Å². The maximum atomic E-state index is 5.87. The second kappa shape index (κ2) is 8.12. The average molecular weight is 214 g/mol. The number of rotatable bonds is 8. The van der Waals surface area contributed by atoms with E-state index in [1.807, 2.05) is 0 Å². The van der Waals surface area contributed by atoms with Crippen molar-refractivity contribution in [2.24, 2.45) is 11.7 Å². The molecule has 2 nitrogen and oxygen atoms in total. The molecule has 0 aromatic heterocycles. The molecule has 2 N–H and O–H groups in total. The molecule has 0 aromatic rings. The fraction of sp³-hybridized carbons (Fsp3) is 1.00. The average Bonchev–Trinajstić information content (AvgIpc) is 2.16. The van der Waals surface area contributed by atoms with Crippen LogP contribution in [-0.2, 0) is 0 Å². The lowest BCUT2D eigenvalue weighted by Crippen LogP contribution is -2.48. The van der Waals surface area contributed by atoms with Gasteiger partial charge in [0.1, 0.15) is 0 Å². The molecule has 92 valence electrons. The Labute approximate surface area is 96.2 Å². The summed E-state index contributed by atoms with van der Waals surface area (Å²) in [5, 5.41) is 0. The Balaban J connectivity index is 4.22. The van der Waals surface area contributed by atoms with Crippen molar-refractivity contribution in [3.63, 3.8) is 0 Å². The van der Waals surface area contributed by atoms with Gasteiger partial charge in [-0.05, 0) is 32.7 Å². The Bertz CT molecular complexity index is 143. The summed E-state index contributed by atoms with van der Waals surface area (Å²) in [5.74, 6) is 0.652. The summed E-state index contributed by atoms with van der Waals surface area (Å²) in [4.78, 5) is 2.57. The molecule has 0 rings (SSSR count). The Morgan fingerprint density at radius 2 is 1.67 bits per heavy atom. The van der Waals surface area contributed by atoms with E-state index in [1.165, 1.54) is 25.8 Å². The topological polar surface area (TPSA) is 29.3 Å². The third kappa shape index (κ3) is 5.53. The molecule has 1 unspecified atom stereocenters. The van der Waals surface area contributed by atoms with Crippen molar-refractivity contribution in [2.45, 2.75) is 66.0 Å². The lowest BCUT2D eigenvalue weighted by atomic mass is 10.0. The highest BCUT2D eigenvalue weighted by Crippen LogP contribution is 2.14. The van der Waals surface area contributed by atoms with E-state index in [4.69, 9.17) is 5.73 Å². The molecule has 15 heavy (non-hydrogen) atoms. The summed E-state index contributed by atoms with van der Waals surface area (Å²) in [6.07, 6.45) is 3.93. The predicted octanol–water partition coefficient (Wildman–Crippen LogP) is 2.87. The van der Waals surface area contributed by atoms with Gasteiger partial charge in [-0.25, -0.2) is 0 Å². The monoisotopic (exact) mass is 214 g/mol. The lowest BCUT2D eigenvalue weighted by Gasteiger charge is -2.36. The van der Waals surface area contributed by atoms with E-state index in [0.29, 0.717) is 18.0 Å². The highest BCUT2D eigenvalue weighted by Gasteiger charge is 2.21. The van der Waals surface area contributed by atoms with Crippen LogP contribution in [0.1, 0.15) is 53.9 Å². The van der Waals surface area contributed by atoms with E-state index in [2.05, 4.69) is 39.5 Å². The van der Waals surface area contributed by atoms with Crippen molar-refractivity contribution in [2.75, 3.05) is 13.1 Å². The first-order valence-corrected chi connectivity index (χ1v) is 6.50. The summed E-state index contributed by atoms with van der Waals surface area (Å²) in [6, 6.07) is 1.15. The first-order chi connectivity index (χ1) is 7.04. The minimum Gasteiger partial charge on any atom is -0.329 e. The van der Waals surface area contributed by atoms with Crippen molar-refractivity contribution in [3.8, 4) is 0 Å². The molecule has 0 saturated heterocycles. The molecule has 1 atom stereocenters. The van der Waals surface area contributed by atoms with E-state index in [0.717, 1.165) is 6.54 Å². The zero-order valence-electron chi connectivity index (χ0n) is 11.3. The van der Waals surface area contributed by atoms with E-state index < -0.39 is 0 Å². The molecule has 2 heteroatoms. The molecule has 0 aliphatic heterocycles. The number of nitrogens with two attached hydrogens (primary N) is 1. The molecular weight excluding hydrogens is 184 g/mol. The second-order valence-corrected chi connectivity index (χ2v) is 5.09. The van der Waals surface area contributed by atoms with Gasteiger partial charge in [0.15, 0.2) is 0 Å². The molecule has 0 heterocycles. The second-order valence-electron chi connectivity index (χ2n) is 5.09.